The number of carbonyl (C=O) groups excluding carboxylic acids is 1. The van der Waals surface area contributed by atoms with Crippen molar-refractivity contribution in [2.45, 2.75) is 56.3 Å². The van der Waals surface area contributed by atoms with Gasteiger partial charge in [0.2, 0.25) is 0 Å². The van der Waals surface area contributed by atoms with Crippen LogP contribution in [-0.4, -0.2) is 12.1 Å². The summed E-state index contributed by atoms with van der Waals surface area (Å²) in [5.74, 6) is 1.50. The normalized spacial score (nSPS) is 23.8. The summed E-state index contributed by atoms with van der Waals surface area (Å²) in [5.41, 5.74) is 1.00. The van der Waals surface area contributed by atoms with Gasteiger partial charge in [-0.2, -0.15) is 0 Å². The number of esters is 1. The van der Waals surface area contributed by atoms with Crippen LogP contribution in [0, 0.1) is 17.8 Å². The largest absolute Gasteiger partial charge is 0.461 e. The second-order valence-electron chi connectivity index (χ2n) is 8.02. The lowest BCUT2D eigenvalue weighted by Gasteiger charge is -2.37. The smallest absolute Gasteiger partial charge is 0.324 e. The van der Waals surface area contributed by atoms with Crippen LogP contribution in [0.3, 0.4) is 0 Å². The van der Waals surface area contributed by atoms with Gasteiger partial charge in [0, 0.05) is 4.90 Å². The minimum Gasteiger partial charge on any atom is -0.461 e. The Hall–Kier alpha value is -1.74. The molecular formula is C24H30O2S. The lowest BCUT2D eigenvalue weighted by molar-refractivity contribution is -0.155. The van der Waals surface area contributed by atoms with E-state index in [1.54, 1.807) is 11.8 Å². The first-order valence-corrected chi connectivity index (χ1v) is 10.9. The summed E-state index contributed by atoms with van der Waals surface area (Å²) in [4.78, 5) is 14.3. The van der Waals surface area contributed by atoms with Crippen molar-refractivity contribution in [1.29, 1.82) is 0 Å². The molecule has 2 aromatic carbocycles. The molecule has 0 saturated heterocycles. The standard InChI is InChI=1S/C24H30O2S/c1-17(2)21-15-14-18(3)16-22(21)26-24(25)23(19-10-6-4-7-11-19)27-20-12-8-5-9-13-20/h4-13,17-18,21-23H,14-16H2,1-3H3/t18-,21+,22-,23?/m1/s1. The molecule has 1 aliphatic rings. The highest BCUT2D eigenvalue weighted by atomic mass is 32.2. The fourth-order valence-electron chi connectivity index (χ4n) is 3.98. The maximum absolute atomic E-state index is 13.2. The van der Waals surface area contributed by atoms with E-state index in [-0.39, 0.29) is 17.3 Å². The number of carbonyl (C=O) groups is 1. The van der Waals surface area contributed by atoms with E-state index in [0.717, 1.165) is 23.3 Å². The molecule has 4 atom stereocenters. The van der Waals surface area contributed by atoms with Gasteiger partial charge in [0.15, 0.2) is 0 Å². The number of hydrogen-bond donors (Lipinski definition) is 0. The number of thioether (sulfide) groups is 1. The quantitative estimate of drug-likeness (QED) is 0.420. The van der Waals surface area contributed by atoms with E-state index in [1.807, 2.05) is 60.7 Å². The van der Waals surface area contributed by atoms with Gasteiger partial charge in [-0.25, -0.2) is 0 Å². The Labute approximate surface area is 167 Å². The Morgan fingerprint density at radius 3 is 2.26 bits per heavy atom. The van der Waals surface area contributed by atoms with Gasteiger partial charge >= 0.3 is 5.97 Å². The van der Waals surface area contributed by atoms with E-state index in [1.165, 1.54) is 6.42 Å². The van der Waals surface area contributed by atoms with Crippen molar-refractivity contribution in [2.24, 2.45) is 17.8 Å². The van der Waals surface area contributed by atoms with Crippen molar-refractivity contribution >= 4 is 17.7 Å². The summed E-state index contributed by atoms with van der Waals surface area (Å²) >= 11 is 1.57. The van der Waals surface area contributed by atoms with E-state index in [9.17, 15) is 4.79 Å². The summed E-state index contributed by atoms with van der Waals surface area (Å²) in [6.07, 6.45) is 3.39. The molecule has 144 valence electrons. The molecule has 2 nitrogen and oxygen atoms in total. The van der Waals surface area contributed by atoms with E-state index >= 15 is 0 Å². The van der Waals surface area contributed by atoms with E-state index in [2.05, 4.69) is 20.8 Å². The van der Waals surface area contributed by atoms with Gasteiger partial charge in [0.25, 0.3) is 0 Å². The summed E-state index contributed by atoms with van der Waals surface area (Å²) in [6.45, 7) is 6.76. The van der Waals surface area contributed by atoms with Crippen LogP contribution in [0.1, 0.15) is 50.8 Å². The SMILES string of the molecule is CC(C)[C@@H]1CC[C@@H](C)C[C@H]1OC(=O)C(Sc1ccccc1)c1ccccc1. The van der Waals surface area contributed by atoms with Gasteiger partial charge in [0.1, 0.15) is 11.4 Å². The number of rotatable bonds is 6. The van der Waals surface area contributed by atoms with Crippen LogP contribution >= 0.6 is 11.8 Å². The number of ether oxygens (including phenoxy) is 1. The van der Waals surface area contributed by atoms with Crippen LogP contribution in [0.4, 0.5) is 0 Å². The lowest BCUT2D eigenvalue weighted by atomic mass is 9.75. The molecule has 1 aliphatic carbocycles. The number of hydrogen-bond acceptors (Lipinski definition) is 3. The Balaban J connectivity index is 1.79. The van der Waals surface area contributed by atoms with Crippen molar-refractivity contribution < 1.29 is 9.53 Å². The third-order valence-electron chi connectivity index (χ3n) is 5.54. The molecule has 0 aliphatic heterocycles. The predicted octanol–water partition coefficient (Wildman–Crippen LogP) is 6.52. The molecule has 2 aromatic rings. The van der Waals surface area contributed by atoms with Crippen molar-refractivity contribution in [3.63, 3.8) is 0 Å². The second kappa shape index (κ2) is 9.45. The van der Waals surface area contributed by atoms with Crippen LogP contribution in [0.5, 0.6) is 0 Å². The molecule has 27 heavy (non-hydrogen) atoms. The highest BCUT2D eigenvalue weighted by Gasteiger charge is 2.35. The van der Waals surface area contributed by atoms with Crippen LogP contribution in [-0.2, 0) is 9.53 Å². The summed E-state index contributed by atoms with van der Waals surface area (Å²) in [5, 5.41) is -0.335. The fraction of sp³-hybridized carbons (Fsp3) is 0.458. The molecule has 0 bridgehead atoms. The van der Waals surface area contributed by atoms with Gasteiger partial charge in [-0.05, 0) is 48.3 Å². The first-order valence-electron chi connectivity index (χ1n) is 10.0. The Morgan fingerprint density at radius 2 is 1.63 bits per heavy atom. The summed E-state index contributed by atoms with van der Waals surface area (Å²) < 4.78 is 6.16. The highest BCUT2D eigenvalue weighted by Crippen LogP contribution is 2.40. The van der Waals surface area contributed by atoms with Crippen LogP contribution < -0.4 is 0 Å². The summed E-state index contributed by atoms with van der Waals surface area (Å²) in [6, 6.07) is 20.1. The molecule has 3 rings (SSSR count). The van der Waals surface area contributed by atoms with Crippen LogP contribution in [0.25, 0.3) is 0 Å². The van der Waals surface area contributed by atoms with Crippen molar-refractivity contribution in [2.75, 3.05) is 0 Å². The lowest BCUT2D eigenvalue weighted by Crippen LogP contribution is -2.36. The van der Waals surface area contributed by atoms with Gasteiger partial charge in [0.05, 0.1) is 0 Å². The van der Waals surface area contributed by atoms with Gasteiger partial charge in [-0.3, -0.25) is 4.79 Å². The minimum absolute atomic E-state index is 0.0313. The zero-order valence-electron chi connectivity index (χ0n) is 16.5. The van der Waals surface area contributed by atoms with E-state index in [0.29, 0.717) is 17.8 Å². The predicted molar refractivity (Wildman–Crippen MR) is 113 cm³/mol. The van der Waals surface area contributed by atoms with Crippen LogP contribution in [0.15, 0.2) is 65.6 Å². The molecular weight excluding hydrogens is 352 g/mol. The van der Waals surface area contributed by atoms with E-state index in [4.69, 9.17) is 4.74 Å². The molecule has 3 heteroatoms. The Bertz CT molecular complexity index is 714. The topological polar surface area (TPSA) is 26.3 Å². The van der Waals surface area contributed by atoms with Gasteiger partial charge in [-0.15, -0.1) is 11.8 Å². The third kappa shape index (κ3) is 5.38. The first kappa shape index (κ1) is 20.0. The highest BCUT2D eigenvalue weighted by molar-refractivity contribution is 8.00. The summed E-state index contributed by atoms with van der Waals surface area (Å²) in [7, 11) is 0. The molecule has 1 unspecified atom stereocenters. The van der Waals surface area contributed by atoms with Crippen molar-refractivity contribution in [3.8, 4) is 0 Å². The van der Waals surface area contributed by atoms with Crippen LogP contribution in [0.2, 0.25) is 0 Å². The van der Waals surface area contributed by atoms with Crippen molar-refractivity contribution in [3.05, 3.63) is 66.2 Å². The second-order valence-corrected chi connectivity index (χ2v) is 9.20. The molecule has 1 saturated carbocycles. The van der Waals surface area contributed by atoms with Crippen molar-refractivity contribution in [1.82, 2.24) is 0 Å². The monoisotopic (exact) mass is 382 g/mol. The average molecular weight is 383 g/mol. The van der Waals surface area contributed by atoms with E-state index < -0.39 is 0 Å². The molecule has 0 N–H and O–H groups in total. The Kier molecular flexibility index (Phi) is 7.01. The fourth-order valence-corrected chi connectivity index (χ4v) is 5.01. The Morgan fingerprint density at radius 1 is 1.00 bits per heavy atom. The molecule has 0 radical (unpaired) electrons. The first-order chi connectivity index (χ1) is 13.0. The third-order valence-corrected chi connectivity index (χ3v) is 6.79. The molecule has 0 spiro atoms. The zero-order chi connectivity index (χ0) is 19.2. The minimum atomic E-state index is -0.335. The zero-order valence-corrected chi connectivity index (χ0v) is 17.3. The number of benzene rings is 2. The van der Waals surface area contributed by atoms with Gasteiger partial charge in [-0.1, -0.05) is 75.7 Å². The van der Waals surface area contributed by atoms with Gasteiger partial charge < -0.3 is 4.74 Å². The molecule has 0 amide bonds. The molecule has 0 heterocycles. The average Bonchev–Trinajstić information content (AvgIpc) is 2.67. The molecule has 1 fully saturated rings. The molecule has 0 aromatic heterocycles. The maximum Gasteiger partial charge on any atom is 0.324 e. The maximum atomic E-state index is 13.2.